The quantitative estimate of drug-likeness (QED) is 0.775. The summed E-state index contributed by atoms with van der Waals surface area (Å²) in [6.45, 7) is 0.484. The van der Waals surface area contributed by atoms with Gasteiger partial charge >= 0.3 is 6.18 Å². The third-order valence-electron chi connectivity index (χ3n) is 1.62. The van der Waals surface area contributed by atoms with Crippen molar-refractivity contribution in [2.24, 2.45) is 0 Å². The van der Waals surface area contributed by atoms with Gasteiger partial charge in [-0.15, -0.1) is 0 Å². The van der Waals surface area contributed by atoms with Gasteiger partial charge in [0.2, 0.25) is 10.0 Å². The van der Waals surface area contributed by atoms with E-state index in [-0.39, 0.29) is 0 Å². The van der Waals surface area contributed by atoms with Crippen molar-refractivity contribution >= 4 is 10.0 Å². The van der Waals surface area contributed by atoms with Crippen molar-refractivity contribution in [3.05, 3.63) is 0 Å². The molecule has 0 aromatic carbocycles. The van der Waals surface area contributed by atoms with E-state index < -0.39 is 41.1 Å². The average molecular weight is 249 g/mol. The Morgan fingerprint density at radius 3 is 2.07 bits per heavy atom. The highest BCUT2D eigenvalue weighted by Crippen LogP contribution is 2.20. The van der Waals surface area contributed by atoms with Gasteiger partial charge in [-0.05, 0) is 13.8 Å². The number of aliphatic hydroxyl groups is 1. The van der Waals surface area contributed by atoms with Crippen LogP contribution >= 0.6 is 0 Å². The van der Waals surface area contributed by atoms with Crippen molar-refractivity contribution in [2.45, 2.75) is 26.1 Å². The van der Waals surface area contributed by atoms with E-state index in [0.29, 0.717) is 4.31 Å². The third-order valence-corrected chi connectivity index (χ3v) is 3.58. The van der Waals surface area contributed by atoms with Crippen LogP contribution in [0.25, 0.3) is 0 Å². The average Bonchev–Trinajstić information content (AvgIpc) is 1.97. The molecule has 0 amide bonds. The minimum absolute atomic E-state index is 0.337. The zero-order valence-electron chi connectivity index (χ0n) is 8.45. The Balaban J connectivity index is 4.83. The van der Waals surface area contributed by atoms with Gasteiger partial charge in [0.15, 0.2) is 0 Å². The maximum Gasteiger partial charge on any atom is 0.402 e. The van der Waals surface area contributed by atoms with Gasteiger partial charge in [0, 0.05) is 6.04 Å². The highest BCUT2D eigenvalue weighted by atomic mass is 32.2. The molecule has 0 aromatic rings. The summed E-state index contributed by atoms with van der Waals surface area (Å²) in [6, 6.07) is -0.789. The van der Waals surface area contributed by atoms with Crippen molar-refractivity contribution in [1.82, 2.24) is 4.31 Å². The van der Waals surface area contributed by atoms with Gasteiger partial charge in [0.25, 0.3) is 0 Å². The highest BCUT2D eigenvalue weighted by Gasteiger charge is 2.37. The number of halogens is 3. The molecule has 4 nitrogen and oxygen atoms in total. The Morgan fingerprint density at radius 2 is 1.80 bits per heavy atom. The van der Waals surface area contributed by atoms with E-state index in [2.05, 4.69) is 0 Å². The molecule has 0 aliphatic rings. The first-order valence-corrected chi connectivity index (χ1v) is 5.88. The lowest BCUT2D eigenvalue weighted by Gasteiger charge is -2.26. The van der Waals surface area contributed by atoms with Crippen molar-refractivity contribution in [2.75, 3.05) is 18.9 Å². The van der Waals surface area contributed by atoms with Gasteiger partial charge in [-0.1, -0.05) is 0 Å². The molecule has 0 saturated heterocycles. The summed E-state index contributed by atoms with van der Waals surface area (Å²) in [7, 11) is -4.04. The standard InChI is InChI=1S/C7H14F3NO3S/c1-6(2)11(5-7(8,9)10)15(13,14)4-3-12/h6,12H,3-5H2,1-2H3. The smallest absolute Gasteiger partial charge is 0.395 e. The van der Waals surface area contributed by atoms with Gasteiger partial charge < -0.3 is 5.11 Å². The number of hydrogen-bond acceptors (Lipinski definition) is 3. The molecule has 8 heteroatoms. The molecule has 0 bridgehead atoms. The monoisotopic (exact) mass is 249 g/mol. The van der Waals surface area contributed by atoms with Crippen LogP contribution in [0.5, 0.6) is 0 Å². The molecule has 1 N–H and O–H groups in total. The van der Waals surface area contributed by atoms with E-state index in [1.165, 1.54) is 13.8 Å². The van der Waals surface area contributed by atoms with Crippen LogP contribution < -0.4 is 0 Å². The minimum atomic E-state index is -4.58. The van der Waals surface area contributed by atoms with E-state index >= 15 is 0 Å². The van der Waals surface area contributed by atoms with Crippen molar-refractivity contribution in [1.29, 1.82) is 0 Å². The molecule has 0 fully saturated rings. The second-order valence-corrected chi connectivity index (χ2v) is 5.33. The highest BCUT2D eigenvalue weighted by molar-refractivity contribution is 7.89. The number of nitrogens with zero attached hydrogens (tertiary/aromatic N) is 1. The Hall–Kier alpha value is -0.340. The summed E-state index contributed by atoms with van der Waals surface area (Å²) >= 11 is 0. The van der Waals surface area contributed by atoms with E-state index in [1.807, 2.05) is 0 Å². The normalized spacial score (nSPS) is 13.9. The largest absolute Gasteiger partial charge is 0.402 e. The summed E-state index contributed by atoms with van der Waals surface area (Å²) in [5.74, 6) is -0.693. The maximum absolute atomic E-state index is 12.1. The second kappa shape index (κ2) is 5.13. The number of sulfonamides is 1. The first-order chi connectivity index (χ1) is 6.60. The molecule has 0 spiro atoms. The van der Waals surface area contributed by atoms with Gasteiger partial charge in [-0.3, -0.25) is 0 Å². The number of hydrogen-bond donors (Lipinski definition) is 1. The van der Waals surface area contributed by atoms with Crippen LogP contribution in [0.3, 0.4) is 0 Å². The van der Waals surface area contributed by atoms with Gasteiger partial charge in [-0.25, -0.2) is 8.42 Å². The number of rotatable bonds is 5. The van der Waals surface area contributed by atoms with Crippen LogP contribution in [0.15, 0.2) is 0 Å². The first kappa shape index (κ1) is 14.7. The van der Waals surface area contributed by atoms with Crippen LogP contribution in [-0.4, -0.2) is 49.0 Å². The molecule has 0 heterocycles. The van der Waals surface area contributed by atoms with Crippen molar-refractivity contribution < 1.29 is 26.7 Å². The minimum Gasteiger partial charge on any atom is -0.395 e. The summed E-state index contributed by atoms with van der Waals surface area (Å²) in [4.78, 5) is 0. The topological polar surface area (TPSA) is 57.6 Å². The lowest BCUT2D eigenvalue weighted by molar-refractivity contribution is -0.138. The molecule has 0 unspecified atom stereocenters. The molecule has 0 aliphatic heterocycles. The fourth-order valence-corrected chi connectivity index (χ4v) is 2.46. The van der Waals surface area contributed by atoms with E-state index in [1.54, 1.807) is 0 Å². The van der Waals surface area contributed by atoms with Crippen molar-refractivity contribution in [3.63, 3.8) is 0 Å². The zero-order chi connectivity index (χ0) is 12.3. The van der Waals surface area contributed by atoms with Gasteiger partial charge in [-0.2, -0.15) is 17.5 Å². The maximum atomic E-state index is 12.1. The molecular formula is C7H14F3NO3S. The molecule has 0 atom stereocenters. The van der Waals surface area contributed by atoms with Crippen LogP contribution in [0, 0.1) is 0 Å². The summed E-state index contributed by atoms with van der Waals surface area (Å²) in [5, 5.41) is 8.44. The predicted octanol–water partition coefficient (Wildman–Crippen LogP) is 0.581. The molecule has 0 aliphatic carbocycles. The van der Waals surface area contributed by atoms with E-state index in [4.69, 9.17) is 5.11 Å². The number of aliphatic hydroxyl groups excluding tert-OH is 1. The molecule has 0 rings (SSSR count). The van der Waals surface area contributed by atoms with Crippen LogP contribution in [0.2, 0.25) is 0 Å². The van der Waals surface area contributed by atoms with E-state index in [9.17, 15) is 21.6 Å². The van der Waals surface area contributed by atoms with Crippen LogP contribution in [0.1, 0.15) is 13.8 Å². The Morgan fingerprint density at radius 1 is 1.33 bits per heavy atom. The SMILES string of the molecule is CC(C)N(CC(F)(F)F)S(=O)(=O)CCO. The molecule has 92 valence electrons. The number of alkyl halides is 3. The molecule has 0 radical (unpaired) electrons. The fourth-order valence-electron chi connectivity index (χ4n) is 1.01. The first-order valence-electron chi connectivity index (χ1n) is 4.27. The van der Waals surface area contributed by atoms with Gasteiger partial charge in [0.05, 0.1) is 12.4 Å². The molecule has 15 heavy (non-hydrogen) atoms. The van der Waals surface area contributed by atoms with Crippen molar-refractivity contribution in [3.8, 4) is 0 Å². The Labute approximate surface area is 86.7 Å². The lowest BCUT2D eigenvalue weighted by atomic mass is 10.4. The predicted molar refractivity (Wildman–Crippen MR) is 48.8 cm³/mol. The summed E-state index contributed by atoms with van der Waals surface area (Å²) in [5.41, 5.74) is 0. The Bertz CT molecular complexity index is 286. The summed E-state index contributed by atoms with van der Waals surface area (Å²) in [6.07, 6.45) is -4.58. The lowest BCUT2D eigenvalue weighted by Crippen LogP contribution is -2.44. The fraction of sp³-hybridized carbons (Fsp3) is 1.00. The van der Waals surface area contributed by atoms with Crippen LogP contribution in [-0.2, 0) is 10.0 Å². The summed E-state index contributed by atoms with van der Waals surface area (Å²) < 4.78 is 59.2. The van der Waals surface area contributed by atoms with E-state index in [0.717, 1.165) is 0 Å². The van der Waals surface area contributed by atoms with Crippen LogP contribution in [0.4, 0.5) is 13.2 Å². The third kappa shape index (κ3) is 5.33. The molecule has 0 saturated carbocycles. The molecule has 0 aromatic heterocycles. The second-order valence-electron chi connectivity index (χ2n) is 3.29. The Kier molecular flexibility index (Phi) is 5.01. The van der Waals surface area contributed by atoms with Gasteiger partial charge in [0.1, 0.15) is 6.54 Å². The zero-order valence-corrected chi connectivity index (χ0v) is 9.27. The molecular weight excluding hydrogens is 235 g/mol.